The van der Waals surface area contributed by atoms with E-state index >= 15 is 0 Å². The van der Waals surface area contributed by atoms with Gasteiger partial charge in [0.2, 0.25) is 0 Å². The summed E-state index contributed by atoms with van der Waals surface area (Å²) >= 11 is 0. The highest BCUT2D eigenvalue weighted by atomic mass is 16.5. The largest absolute Gasteiger partial charge is 0.496 e. The van der Waals surface area contributed by atoms with E-state index in [9.17, 15) is 9.59 Å². The Balaban J connectivity index is 1.61. The predicted molar refractivity (Wildman–Crippen MR) is 94.5 cm³/mol. The van der Waals surface area contributed by atoms with Gasteiger partial charge in [0.1, 0.15) is 5.75 Å². The molecule has 3 rings (SSSR count). The van der Waals surface area contributed by atoms with Crippen LogP contribution in [0.1, 0.15) is 43.8 Å². The normalized spacial score (nSPS) is 12.5. The van der Waals surface area contributed by atoms with Crippen molar-refractivity contribution < 1.29 is 19.4 Å². The summed E-state index contributed by atoms with van der Waals surface area (Å²) in [7, 11) is 1.51. The lowest BCUT2D eigenvalue weighted by Gasteiger charge is -2.11. The smallest absolute Gasteiger partial charge is 0.335 e. The van der Waals surface area contributed by atoms with E-state index in [1.807, 2.05) is 18.2 Å². The van der Waals surface area contributed by atoms with Crippen molar-refractivity contribution in [3.8, 4) is 5.75 Å². The maximum Gasteiger partial charge on any atom is 0.335 e. The Morgan fingerprint density at radius 1 is 1.08 bits per heavy atom. The first-order chi connectivity index (χ1) is 12.1. The van der Waals surface area contributed by atoms with E-state index < -0.39 is 5.97 Å². The van der Waals surface area contributed by atoms with Crippen molar-refractivity contribution in [2.75, 3.05) is 13.7 Å². The number of carbonyl (C=O) groups excluding carboxylic acids is 1. The lowest BCUT2D eigenvalue weighted by molar-refractivity contribution is 0.0696. The van der Waals surface area contributed by atoms with Crippen molar-refractivity contribution >= 4 is 11.9 Å². The SMILES string of the molecule is COc1cc(C(=O)O)ccc1CCNC(=O)c1ccc2c(c1)CCC2. The number of nitrogens with one attached hydrogen (secondary N) is 1. The number of hydrogen-bond acceptors (Lipinski definition) is 3. The van der Waals surface area contributed by atoms with Crippen molar-refractivity contribution in [1.82, 2.24) is 5.32 Å². The van der Waals surface area contributed by atoms with Gasteiger partial charge in [0.15, 0.2) is 0 Å². The number of benzene rings is 2. The molecular formula is C20H21NO4. The number of hydrogen-bond donors (Lipinski definition) is 2. The van der Waals surface area contributed by atoms with E-state index in [-0.39, 0.29) is 11.5 Å². The highest BCUT2D eigenvalue weighted by molar-refractivity contribution is 5.94. The molecule has 5 heteroatoms. The van der Waals surface area contributed by atoms with Gasteiger partial charge in [-0.05, 0) is 66.6 Å². The first-order valence-corrected chi connectivity index (χ1v) is 8.38. The fourth-order valence-electron chi connectivity index (χ4n) is 3.21. The van der Waals surface area contributed by atoms with Crippen molar-refractivity contribution in [3.05, 3.63) is 64.2 Å². The standard InChI is InChI=1S/C20H21NO4/c1-25-18-12-17(20(23)24)8-6-14(18)9-10-21-19(22)16-7-5-13-3-2-4-15(13)11-16/h5-8,11-12H,2-4,9-10H2,1H3,(H,21,22)(H,23,24). The molecular weight excluding hydrogens is 318 g/mol. The van der Waals surface area contributed by atoms with E-state index in [1.165, 1.54) is 24.3 Å². The Labute approximate surface area is 146 Å². The first kappa shape index (κ1) is 17.0. The molecule has 0 atom stereocenters. The fraction of sp³-hybridized carbons (Fsp3) is 0.300. The molecule has 1 aliphatic rings. The van der Waals surface area contributed by atoms with E-state index in [1.54, 1.807) is 12.1 Å². The molecule has 0 radical (unpaired) electrons. The number of carbonyl (C=O) groups is 2. The van der Waals surface area contributed by atoms with E-state index in [0.29, 0.717) is 24.3 Å². The summed E-state index contributed by atoms with van der Waals surface area (Å²) in [6.45, 7) is 0.457. The molecule has 0 saturated heterocycles. The molecule has 5 nitrogen and oxygen atoms in total. The van der Waals surface area contributed by atoms with Gasteiger partial charge in [-0.2, -0.15) is 0 Å². The van der Waals surface area contributed by atoms with E-state index in [0.717, 1.165) is 24.8 Å². The topological polar surface area (TPSA) is 75.6 Å². The number of aryl methyl sites for hydroxylation is 2. The molecule has 2 aromatic rings. The number of fused-ring (bicyclic) bond motifs is 1. The number of carboxylic acid groups (broad SMARTS) is 1. The van der Waals surface area contributed by atoms with Gasteiger partial charge < -0.3 is 15.2 Å². The van der Waals surface area contributed by atoms with Crippen LogP contribution in [0.4, 0.5) is 0 Å². The molecule has 2 aromatic carbocycles. The highest BCUT2D eigenvalue weighted by Crippen LogP contribution is 2.23. The van der Waals surface area contributed by atoms with Gasteiger partial charge in [-0.25, -0.2) is 4.79 Å². The number of methoxy groups -OCH3 is 1. The zero-order chi connectivity index (χ0) is 17.8. The van der Waals surface area contributed by atoms with Gasteiger partial charge in [-0.1, -0.05) is 12.1 Å². The minimum Gasteiger partial charge on any atom is -0.496 e. The third-order valence-corrected chi connectivity index (χ3v) is 4.57. The van der Waals surface area contributed by atoms with Crippen LogP contribution in [-0.4, -0.2) is 30.6 Å². The summed E-state index contributed by atoms with van der Waals surface area (Å²) < 4.78 is 5.25. The molecule has 1 amide bonds. The van der Waals surface area contributed by atoms with Crippen LogP contribution in [0.2, 0.25) is 0 Å². The van der Waals surface area contributed by atoms with Crippen molar-refractivity contribution in [2.24, 2.45) is 0 Å². The lowest BCUT2D eigenvalue weighted by Crippen LogP contribution is -2.26. The molecule has 2 N–H and O–H groups in total. The van der Waals surface area contributed by atoms with Crippen LogP contribution < -0.4 is 10.1 Å². The fourth-order valence-corrected chi connectivity index (χ4v) is 3.21. The van der Waals surface area contributed by atoms with Gasteiger partial charge in [0.25, 0.3) is 5.91 Å². The molecule has 0 fully saturated rings. The number of rotatable bonds is 6. The van der Waals surface area contributed by atoms with E-state index in [4.69, 9.17) is 9.84 Å². The maximum atomic E-state index is 12.3. The van der Waals surface area contributed by atoms with Crippen molar-refractivity contribution in [3.63, 3.8) is 0 Å². The second-order valence-electron chi connectivity index (χ2n) is 6.17. The van der Waals surface area contributed by atoms with Gasteiger partial charge in [0.05, 0.1) is 12.7 Å². The van der Waals surface area contributed by atoms with Gasteiger partial charge >= 0.3 is 5.97 Å². The van der Waals surface area contributed by atoms with Crippen molar-refractivity contribution in [2.45, 2.75) is 25.7 Å². The Hall–Kier alpha value is -2.82. The highest BCUT2D eigenvalue weighted by Gasteiger charge is 2.14. The van der Waals surface area contributed by atoms with Crippen LogP contribution >= 0.6 is 0 Å². The van der Waals surface area contributed by atoms with Crippen LogP contribution in [0.25, 0.3) is 0 Å². The summed E-state index contributed by atoms with van der Waals surface area (Å²) in [5.74, 6) is -0.558. The third-order valence-electron chi connectivity index (χ3n) is 4.57. The Morgan fingerprint density at radius 3 is 2.60 bits per heavy atom. The quantitative estimate of drug-likeness (QED) is 0.848. The summed E-state index contributed by atoms with van der Waals surface area (Å²) in [5, 5.41) is 11.9. The molecule has 0 aromatic heterocycles. The summed E-state index contributed by atoms with van der Waals surface area (Å²) in [4.78, 5) is 23.3. The minimum absolute atomic E-state index is 0.0872. The summed E-state index contributed by atoms with van der Waals surface area (Å²) in [6.07, 6.45) is 3.87. The van der Waals surface area contributed by atoms with Crippen LogP contribution in [0, 0.1) is 0 Å². The minimum atomic E-state index is -0.991. The van der Waals surface area contributed by atoms with Crippen LogP contribution in [0.5, 0.6) is 5.75 Å². The summed E-state index contributed by atoms with van der Waals surface area (Å²) in [6, 6.07) is 10.7. The van der Waals surface area contributed by atoms with Crippen LogP contribution in [0.15, 0.2) is 36.4 Å². The number of ether oxygens (including phenoxy) is 1. The average molecular weight is 339 g/mol. The molecule has 0 aliphatic heterocycles. The number of carboxylic acids is 1. The van der Waals surface area contributed by atoms with Gasteiger partial charge in [-0.3, -0.25) is 4.79 Å². The molecule has 0 bridgehead atoms. The van der Waals surface area contributed by atoms with Crippen molar-refractivity contribution in [1.29, 1.82) is 0 Å². The maximum absolute atomic E-state index is 12.3. The first-order valence-electron chi connectivity index (χ1n) is 8.38. The predicted octanol–water partition coefficient (Wildman–Crippen LogP) is 2.85. The summed E-state index contributed by atoms with van der Waals surface area (Å²) in [5.41, 5.74) is 4.36. The third kappa shape index (κ3) is 3.82. The number of amides is 1. The Kier molecular flexibility index (Phi) is 5.03. The zero-order valence-corrected chi connectivity index (χ0v) is 14.2. The van der Waals surface area contributed by atoms with Gasteiger partial charge in [-0.15, -0.1) is 0 Å². The van der Waals surface area contributed by atoms with Crippen LogP contribution in [0.3, 0.4) is 0 Å². The molecule has 0 unspecified atom stereocenters. The zero-order valence-electron chi connectivity index (χ0n) is 14.2. The molecule has 25 heavy (non-hydrogen) atoms. The Bertz CT molecular complexity index is 813. The number of aromatic carboxylic acids is 1. The second kappa shape index (κ2) is 7.38. The molecule has 0 heterocycles. The monoisotopic (exact) mass is 339 g/mol. The molecule has 130 valence electrons. The molecule has 0 spiro atoms. The van der Waals surface area contributed by atoms with Gasteiger partial charge in [0, 0.05) is 12.1 Å². The average Bonchev–Trinajstić information content (AvgIpc) is 3.09. The second-order valence-corrected chi connectivity index (χ2v) is 6.17. The van der Waals surface area contributed by atoms with Crippen LogP contribution in [-0.2, 0) is 19.3 Å². The molecule has 1 aliphatic carbocycles. The van der Waals surface area contributed by atoms with E-state index in [2.05, 4.69) is 5.32 Å². The Morgan fingerprint density at radius 2 is 1.84 bits per heavy atom. The lowest BCUT2D eigenvalue weighted by atomic mass is 10.1. The molecule has 0 saturated carbocycles.